The van der Waals surface area contributed by atoms with Gasteiger partial charge in [0.25, 0.3) is 5.69 Å². The lowest BCUT2D eigenvalue weighted by molar-refractivity contribution is -0.384. The summed E-state index contributed by atoms with van der Waals surface area (Å²) in [4.78, 5) is 12.6. The molecule has 0 fully saturated rings. The second-order valence-electron chi connectivity index (χ2n) is 6.33. The van der Waals surface area contributed by atoms with Gasteiger partial charge in [0.05, 0.1) is 21.7 Å². The van der Waals surface area contributed by atoms with Crippen molar-refractivity contribution in [3.05, 3.63) is 68.7 Å². The van der Waals surface area contributed by atoms with Gasteiger partial charge in [0.2, 0.25) is 0 Å². The van der Waals surface area contributed by atoms with Crippen molar-refractivity contribution in [1.82, 2.24) is 10.2 Å². The van der Waals surface area contributed by atoms with Crippen LogP contribution >= 0.6 is 23.8 Å². The number of likely N-dealkylation sites (N-methyl/N-ethyl adjacent to an activating group) is 1. The normalized spacial score (nSPS) is 11.9. The van der Waals surface area contributed by atoms with Crippen molar-refractivity contribution in [3.8, 4) is 0 Å². The quantitative estimate of drug-likeness (QED) is 0.403. The van der Waals surface area contributed by atoms with Crippen molar-refractivity contribution >= 4 is 40.3 Å². The van der Waals surface area contributed by atoms with E-state index in [2.05, 4.69) is 46.7 Å². The zero-order valence-corrected chi connectivity index (χ0v) is 17.1. The van der Waals surface area contributed by atoms with Gasteiger partial charge in [-0.05, 0) is 49.9 Å². The summed E-state index contributed by atoms with van der Waals surface area (Å²) in [6.45, 7) is 2.71. The molecule has 2 aromatic carbocycles. The van der Waals surface area contributed by atoms with Gasteiger partial charge in [0.1, 0.15) is 0 Å². The third-order valence-electron chi connectivity index (χ3n) is 4.26. The van der Waals surface area contributed by atoms with Crippen LogP contribution in [0.3, 0.4) is 0 Å². The van der Waals surface area contributed by atoms with E-state index < -0.39 is 4.92 Å². The minimum atomic E-state index is -0.472. The molecule has 0 saturated carbocycles. The lowest BCUT2D eigenvalue weighted by atomic mass is 10.0. The summed E-state index contributed by atoms with van der Waals surface area (Å²) in [6, 6.07) is 12.8. The van der Waals surface area contributed by atoms with Gasteiger partial charge >= 0.3 is 0 Å². The predicted molar refractivity (Wildman–Crippen MR) is 115 cm³/mol. The van der Waals surface area contributed by atoms with Gasteiger partial charge in [-0.15, -0.1) is 0 Å². The fraction of sp³-hybridized carbons (Fsp3) is 0.316. The molecule has 0 unspecified atom stereocenters. The molecular formula is C19H23ClN4O2S. The fourth-order valence-electron chi connectivity index (χ4n) is 2.65. The number of benzene rings is 2. The smallest absolute Gasteiger partial charge is 0.271 e. The number of anilines is 1. The summed E-state index contributed by atoms with van der Waals surface area (Å²) in [5.41, 5.74) is 2.83. The highest BCUT2D eigenvalue weighted by atomic mass is 35.5. The average Bonchev–Trinajstić information content (AvgIpc) is 2.63. The molecule has 0 aromatic heterocycles. The minimum absolute atomic E-state index is 0.0492. The van der Waals surface area contributed by atoms with Gasteiger partial charge in [-0.1, -0.05) is 42.8 Å². The summed E-state index contributed by atoms with van der Waals surface area (Å²) < 4.78 is 0. The highest BCUT2D eigenvalue weighted by Gasteiger charge is 2.15. The number of nitro benzene ring substituents is 1. The van der Waals surface area contributed by atoms with Crippen LogP contribution < -0.4 is 10.6 Å². The Hall–Kier alpha value is -2.22. The minimum Gasteiger partial charge on any atom is -0.361 e. The van der Waals surface area contributed by atoms with Crippen LogP contribution in [0.4, 0.5) is 11.4 Å². The molecule has 0 bridgehead atoms. The number of nitrogens with zero attached hydrogens (tertiary/aromatic N) is 2. The van der Waals surface area contributed by atoms with Gasteiger partial charge in [-0.2, -0.15) is 0 Å². The van der Waals surface area contributed by atoms with E-state index in [9.17, 15) is 10.1 Å². The maximum absolute atomic E-state index is 10.9. The maximum atomic E-state index is 10.9. The van der Waals surface area contributed by atoms with Crippen LogP contribution in [0.1, 0.15) is 24.1 Å². The van der Waals surface area contributed by atoms with Crippen LogP contribution in [0.2, 0.25) is 5.02 Å². The Bertz CT molecular complexity index is 812. The van der Waals surface area contributed by atoms with Crippen LogP contribution in [0.5, 0.6) is 0 Å². The number of hydrogen-bond acceptors (Lipinski definition) is 4. The molecule has 0 aliphatic heterocycles. The second kappa shape index (κ2) is 9.64. The Balaban J connectivity index is 2.03. The number of nitro groups is 1. The summed E-state index contributed by atoms with van der Waals surface area (Å²) in [6.07, 6.45) is 1.00. The van der Waals surface area contributed by atoms with Crippen molar-refractivity contribution in [1.29, 1.82) is 0 Å². The molecule has 0 radical (unpaired) electrons. The number of rotatable bonds is 7. The molecule has 0 aliphatic carbocycles. The van der Waals surface area contributed by atoms with Crippen molar-refractivity contribution < 1.29 is 4.92 Å². The third-order valence-corrected chi connectivity index (χ3v) is 4.84. The molecule has 8 heteroatoms. The lowest BCUT2D eigenvalue weighted by Gasteiger charge is -2.26. The van der Waals surface area contributed by atoms with Crippen molar-refractivity contribution in [3.63, 3.8) is 0 Å². The molecule has 2 rings (SSSR count). The first-order valence-corrected chi connectivity index (χ1v) is 9.34. The van der Waals surface area contributed by atoms with Gasteiger partial charge in [0.15, 0.2) is 5.11 Å². The topological polar surface area (TPSA) is 70.4 Å². The molecule has 0 heterocycles. The number of aryl methyl sites for hydroxylation is 1. The Morgan fingerprint density at radius 2 is 1.93 bits per heavy atom. The molecular weight excluding hydrogens is 384 g/mol. The monoisotopic (exact) mass is 406 g/mol. The SMILES string of the molecule is CCc1ccc([C@H](CNC(=S)Nc2cc([N+](=O)[O-])ccc2Cl)N(C)C)cc1. The Kier molecular flexibility index (Phi) is 7.53. The third kappa shape index (κ3) is 5.89. The first-order valence-electron chi connectivity index (χ1n) is 8.56. The summed E-state index contributed by atoms with van der Waals surface area (Å²) >= 11 is 11.4. The molecule has 6 nitrogen and oxygen atoms in total. The second-order valence-corrected chi connectivity index (χ2v) is 7.15. The number of halogens is 1. The number of nitrogens with one attached hydrogen (secondary N) is 2. The molecule has 0 amide bonds. The maximum Gasteiger partial charge on any atom is 0.271 e. The van der Waals surface area contributed by atoms with Gasteiger partial charge < -0.3 is 15.5 Å². The standard InChI is InChI=1S/C19H23ClN4O2S/c1-4-13-5-7-14(8-6-13)18(23(2)3)12-21-19(27)22-17-11-15(24(25)26)9-10-16(17)20/h5-11,18H,4,12H2,1-3H3,(H2,21,22,27)/t18-/m0/s1. The largest absolute Gasteiger partial charge is 0.361 e. The highest BCUT2D eigenvalue weighted by molar-refractivity contribution is 7.80. The number of thiocarbonyl (C=S) groups is 1. The molecule has 2 N–H and O–H groups in total. The van der Waals surface area contributed by atoms with E-state index in [1.165, 1.54) is 29.3 Å². The molecule has 0 aliphatic rings. The van der Waals surface area contributed by atoms with Crippen LogP contribution in [0, 0.1) is 10.1 Å². The summed E-state index contributed by atoms with van der Waals surface area (Å²) in [5.74, 6) is 0. The number of non-ortho nitro benzene ring substituents is 1. The summed E-state index contributed by atoms with van der Waals surface area (Å²) in [7, 11) is 4.02. The van der Waals surface area contributed by atoms with Crippen LogP contribution in [-0.4, -0.2) is 35.6 Å². The van der Waals surface area contributed by atoms with Crippen LogP contribution in [0.15, 0.2) is 42.5 Å². The molecule has 2 aromatic rings. The Morgan fingerprint density at radius 3 is 2.48 bits per heavy atom. The summed E-state index contributed by atoms with van der Waals surface area (Å²) in [5, 5.41) is 17.7. The van der Waals surface area contributed by atoms with Crippen molar-refractivity contribution in [2.45, 2.75) is 19.4 Å². The Labute approximate surface area is 169 Å². The molecule has 144 valence electrons. The van der Waals surface area contributed by atoms with Crippen LogP contribution in [-0.2, 0) is 6.42 Å². The van der Waals surface area contributed by atoms with E-state index in [0.29, 0.717) is 22.4 Å². The Morgan fingerprint density at radius 1 is 1.26 bits per heavy atom. The predicted octanol–water partition coefficient (Wildman–Crippen LogP) is 4.40. The van der Waals surface area contributed by atoms with Crippen molar-refractivity contribution in [2.24, 2.45) is 0 Å². The van der Waals surface area contributed by atoms with E-state index in [-0.39, 0.29) is 11.7 Å². The molecule has 0 saturated heterocycles. The highest BCUT2D eigenvalue weighted by Crippen LogP contribution is 2.26. The van der Waals surface area contributed by atoms with E-state index in [0.717, 1.165) is 6.42 Å². The van der Waals surface area contributed by atoms with E-state index in [1.807, 2.05) is 14.1 Å². The first-order chi connectivity index (χ1) is 12.8. The fourth-order valence-corrected chi connectivity index (χ4v) is 3.01. The molecule has 0 spiro atoms. The zero-order chi connectivity index (χ0) is 20.0. The van der Waals surface area contributed by atoms with E-state index in [1.54, 1.807) is 0 Å². The average molecular weight is 407 g/mol. The molecule has 1 atom stereocenters. The van der Waals surface area contributed by atoms with Gasteiger partial charge in [-0.3, -0.25) is 10.1 Å². The van der Waals surface area contributed by atoms with E-state index in [4.69, 9.17) is 23.8 Å². The van der Waals surface area contributed by atoms with Gasteiger partial charge in [0, 0.05) is 18.7 Å². The van der Waals surface area contributed by atoms with E-state index >= 15 is 0 Å². The van der Waals surface area contributed by atoms with Gasteiger partial charge in [-0.25, -0.2) is 0 Å². The van der Waals surface area contributed by atoms with Crippen LogP contribution in [0.25, 0.3) is 0 Å². The lowest BCUT2D eigenvalue weighted by Crippen LogP contribution is -2.36. The van der Waals surface area contributed by atoms with Crippen molar-refractivity contribution in [2.75, 3.05) is 26.0 Å². The zero-order valence-electron chi connectivity index (χ0n) is 15.5. The first kappa shape index (κ1) is 21.1. The number of hydrogen-bond donors (Lipinski definition) is 2. The molecule has 27 heavy (non-hydrogen) atoms.